The first-order valence-electron chi connectivity index (χ1n) is 15.4. The highest BCUT2D eigenvalue weighted by atomic mass is 32.2. The van der Waals surface area contributed by atoms with Crippen molar-refractivity contribution in [3.05, 3.63) is 121 Å². The first-order chi connectivity index (χ1) is 20.5. The van der Waals surface area contributed by atoms with E-state index in [2.05, 4.69) is 98.8 Å². The van der Waals surface area contributed by atoms with Crippen LogP contribution in [-0.4, -0.2) is 15.0 Å². The third-order valence-corrected chi connectivity index (χ3v) is 10.8. The second-order valence-electron chi connectivity index (χ2n) is 10.5. The van der Waals surface area contributed by atoms with Crippen molar-refractivity contribution in [3.8, 4) is 0 Å². The first-order valence-corrected chi connectivity index (χ1v) is 18.0. The molecule has 0 aromatic heterocycles. The molecule has 42 heavy (non-hydrogen) atoms. The molecule has 224 valence electrons. The largest absolute Gasteiger partial charge is 0.296 e. The summed E-state index contributed by atoms with van der Waals surface area (Å²) in [7, 11) is -3.60. The van der Waals surface area contributed by atoms with Gasteiger partial charge in [-0.2, -0.15) is 8.42 Å². The normalized spacial score (nSPS) is 11.2. The summed E-state index contributed by atoms with van der Waals surface area (Å²) in [6.45, 7) is 4.72. The van der Waals surface area contributed by atoms with Gasteiger partial charge in [0, 0.05) is 5.56 Å². The van der Waals surface area contributed by atoms with Gasteiger partial charge in [-0.3, -0.25) is 4.18 Å². The maximum atomic E-state index is 11.9. The van der Waals surface area contributed by atoms with Crippen LogP contribution in [0.5, 0.6) is 0 Å². The van der Waals surface area contributed by atoms with Gasteiger partial charge in [0.2, 0.25) is 0 Å². The lowest BCUT2D eigenvalue weighted by Gasteiger charge is -2.09. The van der Waals surface area contributed by atoms with Crippen LogP contribution in [0.1, 0.15) is 76.7 Å². The Morgan fingerprint density at radius 2 is 0.976 bits per heavy atom. The molecule has 0 N–H and O–H groups in total. The van der Waals surface area contributed by atoms with E-state index < -0.39 is 10.1 Å². The second-order valence-corrected chi connectivity index (χ2v) is 14.1. The summed E-state index contributed by atoms with van der Waals surface area (Å²) in [5.41, 5.74) is 1.35. The summed E-state index contributed by atoms with van der Waals surface area (Å²) in [5.74, 6) is 0. The van der Waals surface area contributed by atoms with Crippen molar-refractivity contribution in [1.82, 2.24) is 0 Å². The average Bonchev–Trinajstić information content (AvgIpc) is 3.03. The number of unbranched alkanes of at least 4 members (excludes halogenated alkanes) is 9. The fourth-order valence-electron chi connectivity index (χ4n) is 4.70. The van der Waals surface area contributed by atoms with Crippen LogP contribution in [0.25, 0.3) is 0 Å². The maximum Gasteiger partial charge on any atom is 0.296 e. The van der Waals surface area contributed by atoms with Crippen molar-refractivity contribution in [2.45, 2.75) is 97.6 Å². The van der Waals surface area contributed by atoms with E-state index in [1.807, 2.05) is 0 Å². The number of hydrogen-bond acceptors (Lipinski definition) is 3. The van der Waals surface area contributed by atoms with E-state index in [0.717, 1.165) is 12.8 Å². The third kappa shape index (κ3) is 11.8. The highest BCUT2D eigenvalue weighted by molar-refractivity contribution is 7.97. The maximum absolute atomic E-state index is 11.9. The predicted octanol–water partition coefficient (Wildman–Crippen LogP) is 10.4. The molecule has 0 saturated carbocycles. The summed E-state index contributed by atoms with van der Waals surface area (Å²) in [5, 5.41) is 0. The minimum absolute atomic E-state index is 0.0262. The molecule has 0 spiro atoms. The SMILES string of the molecule is CCCCCCCCCCCCOS(=O)(=O)c1ccccc1.Cc1ccccc1[S+](c1ccccc1)c1ccccc1. The number of benzene rings is 4. The Morgan fingerprint density at radius 3 is 1.48 bits per heavy atom. The van der Waals surface area contributed by atoms with Crippen molar-refractivity contribution in [2.24, 2.45) is 0 Å². The zero-order chi connectivity index (χ0) is 29.9. The molecule has 4 aromatic carbocycles. The van der Waals surface area contributed by atoms with E-state index in [1.54, 1.807) is 30.3 Å². The lowest BCUT2D eigenvalue weighted by atomic mass is 10.1. The Hall–Kier alpha value is -2.86. The monoisotopic (exact) mass is 603 g/mol. The van der Waals surface area contributed by atoms with Crippen molar-refractivity contribution in [1.29, 1.82) is 0 Å². The Bertz CT molecular complexity index is 1320. The van der Waals surface area contributed by atoms with Gasteiger partial charge in [-0.25, -0.2) is 0 Å². The summed E-state index contributed by atoms with van der Waals surface area (Å²) in [6, 6.07) is 38.6. The number of rotatable bonds is 16. The first kappa shape index (κ1) is 33.6. The van der Waals surface area contributed by atoms with E-state index in [1.165, 1.54) is 71.6 Å². The molecule has 4 aromatic rings. The van der Waals surface area contributed by atoms with Gasteiger partial charge in [-0.05, 0) is 55.8 Å². The topological polar surface area (TPSA) is 43.4 Å². The molecule has 0 aliphatic rings. The van der Waals surface area contributed by atoms with Crippen molar-refractivity contribution in [2.75, 3.05) is 6.61 Å². The van der Waals surface area contributed by atoms with Crippen LogP contribution in [0, 0.1) is 6.92 Å². The highest BCUT2D eigenvalue weighted by Crippen LogP contribution is 2.32. The highest BCUT2D eigenvalue weighted by Gasteiger charge is 2.29. The predicted molar refractivity (Wildman–Crippen MR) is 178 cm³/mol. The molecule has 3 nitrogen and oxygen atoms in total. The Morgan fingerprint density at radius 1 is 0.548 bits per heavy atom. The van der Waals surface area contributed by atoms with Gasteiger partial charge in [0.15, 0.2) is 14.7 Å². The quantitative estimate of drug-likeness (QED) is 0.0727. The fourth-order valence-corrected chi connectivity index (χ4v) is 7.91. The van der Waals surface area contributed by atoms with Gasteiger partial charge in [0.05, 0.1) is 22.4 Å². The van der Waals surface area contributed by atoms with Gasteiger partial charge < -0.3 is 0 Å². The van der Waals surface area contributed by atoms with Gasteiger partial charge >= 0.3 is 0 Å². The van der Waals surface area contributed by atoms with Crippen molar-refractivity contribution in [3.63, 3.8) is 0 Å². The van der Waals surface area contributed by atoms with Crippen LogP contribution in [0.15, 0.2) is 135 Å². The van der Waals surface area contributed by atoms with E-state index >= 15 is 0 Å². The zero-order valence-electron chi connectivity index (χ0n) is 25.3. The van der Waals surface area contributed by atoms with Crippen molar-refractivity contribution >= 4 is 21.0 Å². The molecule has 0 bridgehead atoms. The molecular weight excluding hydrogens is 557 g/mol. The van der Waals surface area contributed by atoms with Crippen LogP contribution in [-0.2, 0) is 25.2 Å². The van der Waals surface area contributed by atoms with Crippen LogP contribution >= 0.6 is 0 Å². The lowest BCUT2D eigenvalue weighted by Crippen LogP contribution is -2.07. The minimum atomic E-state index is -3.57. The van der Waals surface area contributed by atoms with Gasteiger partial charge in [0.1, 0.15) is 0 Å². The molecule has 5 heteroatoms. The van der Waals surface area contributed by atoms with Gasteiger partial charge in [-0.1, -0.05) is 138 Å². The van der Waals surface area contributed by atoms with E-state index in [9.17, 15) is 8.42 Å². The number of aryl methyl sites for hydroxylation is 1. The second kappa shape index (κ2) is 19.4. The smallest absolute Gasteiger partial charge is 0.266 e. The van der Waals surface area contributed by atoms with Gasteiger partial charge in [-0.15, -0.1) is 0 Å². The average molecular weight is 604 g/mol. The molecule has 0 unspecified atom stereocenters. The fraction of sp³-hybridized carbons (Fsp3) is 0.351. The van der Waals surface area contributed by atoms with E-state index in [4.69, 9.17) is 4.18 Å². The summed E-state index contributed by atoms with van der Waals surface area (Å²) in [6.07, 6.45) is 12.3. The van der Waals surface area contributed by atoms with Crippen LogP contribution < -0.4 is 0 Å². The van der Waals surface area contributed by atoms with Crippen LogP contribution in [0.2, 0.25) is 0 Å². The Labute approximate surface area is 257 Å². The van der Waals surface area contributed by atoms with E-state index in [0.29, 0.717) is 0 Å². The molecule has 0 aliphatic heterocycles. The molecule has 0 amide bonds. The molecule has 0 heterocycles. The molecule has 4 rings (SSSR count). The Kier molecular flexibility index (Phi) is 15.5. The molecule has 0 saturated heterocycles. The van der Waals surface area contributed by atoms with Gasteiger partial charge in [0.25, 0.3) is 10.1 Å². The minimum Gasteiger partial charge on any atom is -0.266 e. The van der Waals surface area contributed by atoms with Crippen molar-refractivity contribution < 1.29 is 12.6 Å². The van der Waals surface area contributed by atoms with Crippen LogP contribution in [0.4, 0.5) is 0 Å². The molecule has 0 atom stereocenters. The summed E-state index contributed by atoms with van der Waals surface area (Å²) >= 11 is 0. The standard InChI is InChI=1S/C19H17S.C18H30O3S/c1-16-10-8-9-15-19(16)20(17-11-4-2-5-12-17)18-13-6-3-7-14-18;1-2-3-4-5-6-7-8-9-10-14-17-21-22(19,20)18-15-12-11-13-16-18/h2-15H,1H3;11-13,15-16H,2-10,14,17H2,1H3/q+1;. The zero-order valence-corrected chi connectivity index (χ0v) is 26.9. The molecular formula is C37H47O3S2+. The van der Waals surface area contributed by atoms with E-state index in [-0.39, 0.29) is 22.4 Å². The molecule has 0 aliphatic carbocycles. The molecule has 0 radical (unpaired) electrons. The third-order valence-electron chi connectivity index (χ3n) is 7.04. The summed E-state index contributed by atoms with van der Waals surface area (Å²) < 4.78 is 28.8. The number of hydrogen-bond donors (Lipinski definition) is 0. The lowest BCUT2D eigenvalue weighted by molar-refractivity contribution is 0.306. The Balaban J connectivity index is 0.000000231. The van der Waals surface area contributed by atoms with Crippen LogP contribution in [0.3, 0.4) is 0 Å². The summed E-state index contributed by atoms with van der Waals surface area (Å²) in [4.78, 5) is 4.38. The molecule has 0 fully saturated rings.